The van der Waals surface area contributed by atoms with Gasteiger partial charge in [-0.15, -0.1) is 0 Å². The van der Waals surface area contributed by atoms with Crippen molar-refractivity contribution in [2.24, 2.45) is 0 Å². The molecule has 30 heavy (non-hydrogen) atoms. The van der Waals surface area contributed by atoms with Crippen molar-refractivity contribution >= 4 is 17.5 Å². The third kappa shape index (κ3) is 3.63. The van der Waals surface area contributed by atoms with Crippen molar-refractivity contribution in [2.45, 2.75) is 33.2 Å². The molecule has 0 radical (unpaired) electrons. The molecule has 4 rings (SSSR count). The van der Waals surface area contributed by atoms with Gasteiger partial charge in [-0.2, -0.15) is 4.68 Å². The molecule has 1 atom stereocenters. The number of anilines is 2. The third-order valence-electron chi connectivity index (χ3n) is 5.10. The molecule has 154 valence electrons. The summed E-state index contributed by atoms with van der Waals surface area (Å²) in [5.74, 6) is 0.892. The second kappa shape index (κ2) is 8.36. The van der Waals surface area contributed by atoms with Gasteiger partial charge in [-0.25, -0.2) is 0 Å². The van der Waals surface area contributed by atoms with Gasteiger partial charge in [0.15, 0.2) is 0 Å². The Hall–Kier alpha value is -3.68. The van der Waals surface area contributed by atoms with E-state index in [4.69, 9.17) is 4.74 Å². The molecule has 1 aromatic heterocycles. The molecule has 2 heterocycles. The molecular weight excluding hydrogens is 380 g/mol. The highest BCUT2D eigenvalue weighted by Gasteiger charge is 2.34. The maximum atomic E-state index is 13.4. The first kappa shape index (κ1) is 19.6. The minimum Gasteiger partial charge on any atom is -0.492 e. The predicted octanol–water partition coefficient (Wildman–Crippen LogP) is 3.56. The highest BCUT2D eigenvalue weighted by molar-refractivity contribution is 6.06. The van der Waals surface area contributed by atoms with Crippen LogP contribution >= 0.6 is 0 Å². The molecule has 0 saturated heterocycles. The van der Waals surface area contributed by atoms with Crippen molar-refractivity contribution in [1.82, 2.24) is 20.2 Å². The van der Waals surface area contributed by atoms with Crippen LogP contribution in [0.2, 0.25) is 0 Å². The topological polar surface area (TPSA) is 94.0 Å². The number of allylic oxidation sites excluding steroid dienone is 1. The van der Waals surface area contributed by atoms with Crippen LogP contribution in [0, 0.1) is 0 Å². The molecule has 0 spiro atoms. The summed E-state index contributed by atoms with van der Waals surface area (Å²) in [6.07, 6.45) is 0.944. The van der Waals surface area contributed by atoms with Crippen LogP contribution in [0.5, 0.6) is 5.75 Å². The molecule has 0 fully saturated rings. The van der Waals surface area contributed by atoms with Crippen LogP contribution in [-0.4, -0.2) is 32.7 Å². The normalized spacial score (nSPS) is 15.4. The Kier molecular flexibility index (Phi) is 5.47. The first-order valence-electron chi connectivity index (χ1n) is 10.00. The van der Waals surface area contributed by atoms with Crippen LogP contribution in [0.25, 0.3) is 0 Å². The second-order valence-corrected chi connectivity index (χ2v) is 6.99. The molecule has 3 aromatic rings. The number of nitrogens with one attached hydrogen (secondary N) is 2. The van der Waals surface area contributed by atoms with E-state index in [9.17, 15) is 4.79 Å². The van der Waals surface area contributed by atoms with Gasteiger partial charge in [0.1, 0.15) is 11.8 Å². The van der Waals surface area contributed by atoms with Crippen LogP contribution in [0.3, 0.4) is 0 Å². The number of para-hydroxylation sites is 2. The molecule has 0 saturated carbocycles. The Labute approximate surface area is 174 Å². The van der Waals surface area contributed by atoms with Crippen molar-refractivity contribution in [1.29, 1.82) is 0 Å². The molecule has 1 unspecified atom stereocenters. The lowest BCUT2D eigenvalue weighted by molar-refractivity contribution is -0.113. The molecule has 8 heteroatoms. The zero-order valence-electron chi connectivity index (χ0n) is 17.2. The van der Waals surface area contributed by atoms with Gasteiger partial charge in [-0.05, 0) is 54.0 Å². The SMILES string of the molecule is CCOc1ccccc1NC(=O)C1=C(C)Nc2nnnn2C1c1ccc(CC)cc1. The van der Waals surface area contributed by atoms with Crippen molar-refractivity contribution in [3.63, 3.8) is 0 Å². The Morgan fingerprint density at radius 3 is 2.67 bits per heavy atom. The number of ether oxygens (including phenoxy) is 1. The number of tetrazole rings is 1. The molecule has 1 amide bonds. The number of aromatic nitrogens is 4. The largest absolute Gasteiger partial charge is 0.492 e. The summed E-state index contributed by atoms with van der Waals surface area (Å²) >= 11 is 0. The van der Waals surface area contributed by atoms with Crippen molar-refractivity contribution < 1.29 is 9.53 Å². The molecule has 0 aliphatic carbocycles. The van der Waals surface area contributed by atoms with Gasteiger partial charge in [0.25, 0.3) is 5.91 Å². The van der Waals surface area contributed by atoms with E-state index in [1.807, 2.05) is 50.2 Å². The van der Waals surface area contributed by atoms with E-state index in [2.05, 4.69) is 45.2 Å². The van der Waals surface area contributed by atoms with Crippen molar-refractivity contribution in [3.05, 3.63) is 70.9 Å². The average Bonchev–Trinajstić information content (AvgIpc) is 3.22. The van der Waals surface area contributed by atoms with Crippen LogP contribution in [-0.2, 0) is 11.2 Å². The quantitative estimate of drug-likeness (QED) is 0.652. The number of rotatable bonds is 6. The van der Waals surface area contributed by atoms with Crippen molar-refractivity contribution in [2.75, 3.05) is 17.2 Å². The highest BCUT2D eigenvalue weighted by atomic mass is 16.5. The maximum Gasteiger partial charge on any atom is 0.255 e. The number of carbonyl (C=O) groups excluding carboxylic acids is 1. The number of amides is 1. The average molecular weight is 404 g/mol. The van der Waals surface area contributed by atoms with Gasteiger partial charge < -0.3 is 15.4 Å². The van der Waals surface area contributed by atoms with Gasteiger partial charge >= 0.3 is 0 Å². The van der Waals surface area contributed by atoms with E-state index in [-0.39, 0.29) is 5.91 Å². The third-order valence-corrected chi connectivity index (χ3v) is 5.10. The van der Waals surface area contributed by atoms with Gasteiger partial charge in [-0.1, -0.05) is 48.4 Å². The molecular formula is C22H24N6O2. The number of hydrogen-bond donors (Lipinski definition) is 2. The summed E-state index contributed by atoms with van der Waals surface area (Å²) in [4.78, 5) is 13.4. The standard InChI is InChI=1S/C22H24N6O2/c1-4-15-10-12-16(13-11-15)20-19(14(3)23-22-25-26-27-28(20)22)21(29)24-17-8-6-7-9-18(17)30-5-2/h6-13,20H,4-5H2,1-3H3,(H,24,29)(H,23,25,27). The molecule has 0 bridgehead atoms. The van der Waals surface area contributed by atoms with Gasteiger partial charge in [0.2, 0.25) is 5.95 Å². The summed E-state index contributed by atoms with van der Waals surface area (Å²) < 4.78 is 7.29. The van der Waals surface area contributed by atoms with Gasteiger partial charge in [-0.3, -0.25) is 4.79 Å². The monoisotopic (exact) mass is 404 g/mol. The smallest absolute Gasteiger partial charge is 0.255 e. The molecule has 2 aromatic carbocycles. The van der Waals surface area contributed by atoms with Crippen LogP contribution in [0.1, 0.15) is 37.9 Å². The van der Waals surface area contributed by atoms with Crippen LogP contribution in [0.15, 0.2) is 59.8 Å². The Morgan fingerprint density at radius 2 is 1.93 bits per heavy atom. The summed E-state index contributed by atoms with van der Waals surface area (Å²) in [6, 6.07) is 15.1. The lowest BCUT2D eigenvalue weighted by Gasteiger charge is -2.28. The zero-order valence-corrected chi connectivity index (χ0v) is 17.2. The Morgan fingerprint density at radius 1 is 1.17 bits per heavy atom. The summed E-state index contributed by atoms with van der Waals surface area (Å²) in [5, 5.41) is 18.1. The first-order chi connectivity index (χ1) is 14.6. The van der Waals surface area contributed by atoms with E-state index in [0.717, 1.165) is 12.0 Å². The fourth-order valence-corrected chi connectivity index (χ4v) is 3.59. The minimum absolute atomic E-state index is 0.238. The van der Waals surface area contributed by atoms with Crippen LogP contribution in [0.4, 0.5) is 11.6 Å². The van der Waals surface area contributed by atoms with E-state index in [1.165, 1.54) is 5.56 Å². The summed E-state index contributed by atoms with van der Waals surface area (Å²) in [7, 11) is 0. The van der Waals surface area contributed by atoms with E-state index in [0.29, 0.717) is 35.3 Å². The Bertz CT molecular complexity index is 1090. The summed E-state index contributed by atoms with van der Waals surface area (Å²) in [6.45, 7) is 6.38. The number of hydrogen-bond acceptors (Lipinski definition) is 6. The number of benzene rings is 2. The fourth-order valence-electron chi connectivity index (χ4n) is 3.59. The number of aryl methyl sites for hydroxylation is 1. The van der Waals surface area contributed by atoms with Crippen molar-refractivity contribution in [3.8, 4) is 5.75 Å². The van der Waals surface area contributed by atoms with Crippen LogP contribution < -0.4 is 15.4 Å². The molecule has 8 nitrogen and oxygen atoms in total. The molecule has 1 aliphatic rings. The lowest BCUT2D eigenvalue weighted by atomic mass is 9.94. The van der Waals surface area contributed by atoms with Gasteiger partial charge in [0.05, 0.1) is 17.9 Å². The molecule has 2 N–H and O–H groups in total. The number of fused-ring (bicyclic) bond motifs is 1. The fraction of sp³-hybridized carbons (Fsp3) is 0.273. The van der Waals surface area contributed by atoms with E-state index < -0.39 is 6.04 Å². The first-order valence-corrected chi connectivity index (χ1v) is 10.00. The highest BCUT2D eigenvalue weighted by Crippen LogP contribution is 2.35. The Balaban J connectivity index is 1.73. The number of nitrogens with zero attached hydrogens (tertiary/aromatic N) is 4. The molecule has 1 aliphatic heterocycles. The number of carbonyl (C=O) groups is 1. The predicted molar refractivity (Wildman–Crippen MR) is 114 cm³/mol. The van der Waals surface area contributed by atoms with E-state index in [1.54, 1.807) is 4.68 Å². The maximum absolute atomic E-state index is 13.4. The summed E-state index contributed by atoms with van der Waals surface area (Å²) in [5.41, 5.74) is 4.03. The van der Waals surface area contributed by atoms with Gasteiger partial charge in [0, 0.05) is 5.70 Å². The van der Waals surface area contributed by atoms with E-state index >= 15 is 0 Å². The second-order valence-electron chi connectivity index (χ2n) is 6.99. The minimum atomic E-state index is -0.443. The zero-order chi connectivity index (χ0) is 21.1. The lowest BCUT2D eigenvalue weighted by Crippen LogP contribution is -2.31.